The predicted octanol–water partition coefficient (Wildman–Crippen LogP) is 5.18. The fourth-order valence-electron chi connectivity index (χ4n) is 5.78. The Bertz CT molecular complexity index is 1950. The van der Waals surface area contributed by atoms with Crippen molar-refractivity contribution in [2.45, 2.75) is 6.42 Å². The van der Waals surface area contributed by atoms with Gasteiger partial charge in [0.25, 0.3) is 11.8 Å². The van der Waals surface area contributed by atoms with E-state index in [-0.39, 0.29) is 24.1 Å². The maximum atomic E-state index is 13.0. The van der Waals surface area contributed by atoms with Gasteiger partial charge < -0.3 is 29.8 Å². The minimum Gasteiger partial charge on any atom is -0.379 e. The number of anilines is 2. The lowest BCUT2D eigenvalue weighted by molar-refractivity contribution is -0.115. The number of hydrogen-bond acceptors (Lipinski definition) is 5. The van der Waals surface area contributed by atoms with Crippen molar-refractivity contribution < 1.29 is 19.1 Å². The van der Waals surface area contributed by atoms with Crippen molar-refractivity contribution in [1.29, 1.82) is 0 Å². The minimum atomic E-state index is -0.235. The van der Waals surface area contributed by atoms with E-state index < -0.39 is 0 Å². The molecule has 0 unspecified atom stereocenters. The van der Waals surface area contributed by atoms with Gasteiger partial charge in [0, 0.05) is 63.9 Å². The van der Waals surface area contributed by atoms with Crippen LogP contribution in [-0.4, -0.2) is 71.1 Å². The zero-order valence-corrected chi connectivity index (χ0v) is 27.2. The fraction of sp³-hybridized carbons (Fsp3) is 0.237. The first-order chi connectivity index (χ1) is 23.3. The number of benzene rings is 3. The summed E-state index contributed by atoms with van der Waals surface area (Å²) in [5, 5.41) is 11.2. The Hall–Kier alpha value is -5.45. The Morgan fingerprint density at radius 3 is 2.23 bits per heavy atom. The molecular weight excluding hydrogens is 604 g/mol. The van der Waals surface area contributed by atoms with Crippen LogP contribution in [0.2, 0.25) is 0 Å². The molecule has 0 spiro atoms. The second-order valence-corrected chi connectivity index (χ2v) is 12.0. The average Bonchev–Trinajstić information content (AvgIpc) is 3.63. The number of rotatable bonds is 11. The van der Waals surface area contributed by atoms with Crippen LogP contribution in [0.5, 0.6) is 0 Å². The molecular formula is C38H40N6O4. The number of nitrogens with one attached hydrogen (secondary N) is 3. The van der Waals surface area contributed by atoms with Crippen LogP contribution < -0.4 is 16.0 Å². The van der Waals surface area contributed by atoms with Gasteiger partial charge >= 0.3 is 0 Å². The maximum Gasteiger partial charge on any atom is 0.268 e. The van der Waals surface area contributed by atoms with E-state index in [9.17, 15) is 14.4 Å². The third-order valence-corrected chi connectivity index (χ3v) is 8.46. The number of nitrogens with zero attached hydrogens (tertiary/aromatic N) is 3. The molecule has 10 heteroatoms. The van der Waals surface area contributed by atoms with Gasteiger partial charge in [-0.3, -0.25) is 19.3 Å². The van der Waals surface area contributed by atoms with Gasteiger partial charge in [-0.1, -0.05) is 60.7 Å². The molecule has 0 radical (unpaired) electrons. The summed E-state index contributed by atoms with van der Waals surface area (Å²) in [4.78, 5) is 40.9. The molecule has 5 aromatic rings. The highest BCUT2D eigenvalue weighted by molar-refractivity contribution is 6.04. The third kappa shape index (κ3) is 8.28. The average molecular weight is 645 g/mol. The van der Waals surface area contributed by atoms with Crippen LogP contribution in [0.4, 0.5) is 11.4 Å². The summed E-state index contributed by atoms with van der Waals surface area (Å²) in [6.07, 6.45) is 7.68. The smallest absolute Gasteiger partial charge is 0.268 e. The van der Waals surface area contributed by atoms with E-state index in [1.54, 1.807) is 48.3 Å². The molecule has 3 N–H and O–H groups in total. The molecule has 1 aliphatic heterocycles. The molecule has 0 saturated carbocycles. The Morgan fingerprint density at radius 1 is 0.750 bits per heavy atom. The van der Waals surface area contributed by atoms with E-state index >= 15 is 0 Å². The van der Waals surface area contributed by atoms with Crippen molar-refractivity contribution >= 4 is 52.0 Å². The number of hydrogen-bond donors (Lipinski definition) is 3. The van der Waals surface area contributed by atoms with Crippen molar-refractivity contribution in [2.75, 3.05) is 50.0 Å². The monoisotopic (exact) mass is 644 g/mol. The molecule has 3 aromatic carbocycles. The highest BCUT2D eigenvalue weighted by Gasteiger charge is 2.16. The van der Waals surface area contributed by atoms with Gasteiger partial charge in [-0.05, 0) is 52.2 Å². The summed E-state index contributed by atoms with van der Waals surface area (Å²) in [5.41, 5.74) is 4.96. The predicted molar refractivity (Wildman–Crippen MR) is 190 cm³/mol. The van der Waals surface area contributed by atoms with Crippen molar-refractivity contribution in [3.8, 4) is 0 Å². The molecule has 1 aliphatic rings. The number of fused-ring (bicyclic) bond motifs is 1. The number of amides is 3. The quantitative estimate of drug-likeness (QED) is 0.172. The molecule has 3 amide bonds. The van der Waals surface area contributed by atoms with Gasteiger partial charge in [-0.2, -0.15) is 0 Å². The standard InChI is InChI=1S/C38H40N6O4/c1-42-25-32(41-37(46)30-13-9-27(10-14-30)7-8-28-11-12-29-5-3-4-6-31(29)21-28)22-34(42)24-36(45)40-33-23-35(43(2)26-33)38(47)39-15-16-44-17-19-48-20-18-44/h3-14,21-23,25-26H,15-20,24H2,1-2H3,(H,39,47)(H,40,45)(H,41,46)/b8-7+. The lowest BCUT2D eigenvalue weighted by Gasteiger charge is -2.26. The zero-order valence-electron chi connectivity index (χ0n) is 27.2. The Kier molecular flexibility index (Phi) is 10.1. The molecule has 0 atom stereocenters. The molecule has 0 aliphatic carbocycles. The Morgan fingerprint density at radius 2 is 1.44 bits per heavy atom. The van der Waals surface area contributed by atoms with Crippen molar-refractivity contribution in [2.24, 2.45) is 14.1 Å². The number of ether oxygens (including phenoxy) is 1. The number of morpholine rings is 1. The molecule has 1 fully saturated rings. The van der Waals surface area contributed by atoms with Gasteiger partial charge in [-0.25, -0.2) is 0 Å². The first kappa shape index (κ1) is 32.5. The molecule has 48 heavy (non-hydrogen) atoms. The number of aryl methyl sites for hydroxylation is 2. The number of carbonyl (C=O) groups is 3. The number of carbonyl (C=O) groups excluding carboxylic acids is 3. The molecule has 3 heterocycles. The minimum absolute atomic E-state index is 0.0978. The molecule has 2 aromatic heterocycles. The normalized spacial score (nSPS) is 13.5. The Balaban J connectivity index is 0.990. The first-order valence-electron chi connectivity index (χ1n) is 16.1. The molecule has 10 nitrogen and oxygen atoms in total. The first-order valence-corrected chi connectivity index (χ1v) is 16.1. The number of aromatic nitrogens is 2. The molecule has 6 rings (SSSR count). The van der Waals surface area contributed by atoms with Crippen molar-refractivity contribution in [3.05, 3.63) is 119 Å². The third-order valence-electron chi connectivity index (χ3n) is 8.46. The zero-order chi connectivity index (χ0) is 33.5. The van der Waals surface area contributed by atoms with Crippen LogP contribution in [-0.2, 0) is 30.0 Å². The summed E-state index contributed by atoms with van der Waals surface area (Å²) >= 11 is 0. The molecule has 0 bridgehead atoms. The van der Waals surface area contributed by atoms with Crippen LogP contribution in [0.25, 0.3) is 22.9 Å². The van der Waals surface area contributed by atoms with E-state index in [4.69, 9.17) is 4.74 Å². The van der Waals surface area contributed by atoms with Crippen molar-refractivity contribution in [1.82, 2.24) is 19.4 Å². The van der Waals surface area contributed by atoms with E-state index in [2.05, 4.69) is 57.3 Å². The lowest BCUT2D eigenvalue weighted by Crippen LogP contribution is -2.41. The summed E-state index contributed by atoms with van der Waals surface area (Å²) in [6.45, 7) is 4.47. The van der Waals surface area contributed by atoms with Crippen LogP contribution in [0.3, 0.4) is 0 Å². The van der Waals surface area contributed by atoms with Gasteiger partial charge in [-0.15, -0.1) is 0 Å². The SMILES string of the molecule is Cn1cc(NC(=O)c2ccc(/C=C/c3ccc4ccccc4c3)cc2)cc1CC(=O)Nc1cc(C(=O)NCCN2CCOCC2)n(C)c1. The van der Waals surface area contributed by atoms with Gasteiger partial charge in [0.15, 0.2) is 0 Å². The van der Waals surface area contributed by atoms with Crippen molar-refractivity contribution in [3.63, 3.8) is 0 Å². The van der Waals surface area contributed by atoms with Crippen LogP contribution in [0.1, 0.15) is 37.7 Å². The fourth-order valence-corrected chi connectivity index (χ4v) is 5.78. The van der Waals surface area contributed by atoms with E-state index in [1.165, 1.54) is 10.8 Å². The van der Waals surface area contributed by atoms with Crippen LogP contribution in [0, 0.1) is 0 Å². The van der Waals surface area contributed by atoms with Crippen LogP contribution >= 0.6 is 0 Å². The van der Waals surface area contributed by atoms with Gasteiger partial charge in [0.1, 0.15) is 5.69 Å². The second kappa shape index (κ2) is 15.0. The van der Waals surface area contributed by atoms with Crippen LogP contribution in [0.15, 0.2) is 91.3 Å². The molecule has 246 valence electrons. The summed E-state index contributed by atoms with van der Waals surface area (Å²) in [6, 6.07) is 25.5. The lowest BCUT2D eigenvalue weighted by atomic mass is 10.1. The second-order valence-electron chi connectivity index (χ2n) is 12.0. The van der Waals surface area contributed by atoms with E-state index in [0.717, 1.165) is 49.7 Å². The summed E-state index contributed by atoms with van der Waals surface area (Å²) in [7, 11) is 3.60. The summed E-state index contributed by atoms with van der Waals surface area (Å²) in [5.74, 6) is -0.658. The molecule has 1 saturated heterocycles. The largest absolute Gasteiger partial charge is 0.379 e. The van der Waals surface area contributed by atoms with E-state index in [0.29, 0.717) is 29.2 Å². The topological polar surface area (TPSA) is 110 Å². The van der Waals surface area contributed by atoms with E-state index in [1.807, 2.05) is 42.0 Å². The van der Waals surface area contributed by atoms with Gasteiger partial charge in [0.2, 0.25) is 5.91 Å². The maximum absolute atomic E-state index is 13.0. The van der Waals surface area contributed by atoms with Gasteiger partial charge in [0.05, 0.1) is 31.0 Å². The highest BCUT2D eigenvalue weighted by atomic mass is 16.5. The summed E-state index contributed by atoms with van der Waals surface area (Å²) < 4.78 is 8.88. The highest BCUT2D eigenvalue weighted by Crippen LogP contribution is 2.20. The Labute approximate surface area is 280 Å².